The molecule has 1 aliphatic rings. The zero-order valence-electron chi connectivity index (χ0n) is 12.7. The Morgan fingerprint density at radius 1 is 1.30 bits per heavy atom. The molecule has 1 fully saturated rings. The predicted octanol–water partition coefficient (Wildman–Crippen LogP) is 1.11. The van der Waals surface area contributed by atoms with Crippen LogP contribution in [0.4, 0.5) is 11.6 Å². The van der Waals surface area contributed by atoms with Crippen LogP contribution in [0.25, 0.3) is 0 Å². The Kier molecular flexibility index (Phi) is 4.45. The first-order valence-corrected chi connectivity index (χ1v) is 6.99. The first-order chi connectivity index (χ1) is 9.45. The van der Waals surface area contributed by atoms with Crippen LogP contribution in [0.3, 0.4) is 0 Å². The average molecular weight is 280 g/mol. The minimum atomic E-state index is -0.696. The fourth-order valence-corrected chi connectivity index (χ4v) is 2.65. The SMILES string of the molecule is CNc1nc(C)nc(N(C)CC2(O)CCOCC2)c1C. The summed E-state index contributed by atoms with van der Waals surface area (Å²) in [5, 5.41) is 13.7. The molecule has 1 aromatic heterocycles. The highest BCUT2D eigenvalue weighted by molar-refractivity contribution is 5.58. The van der Waals surface area contributed by atoms with Gasteiger partial charge in [0.25, 0.3) is 0 Å². The highest BCUT2D eigenvalue weighted by atomic mass is 16.5. The molecule has 0 atom stereocenters. The van der Waals surface area contributed by atoms with Crippen LogP contribution in [0.2, 0.25) is 0 Å². The molecule has 0 saturated carbocycles. The van der Waals surface area contributed by atoms with E-state index in [0.29, 0.717) is 32.6 Å². The summed E-state index contributed by atoms with van der Waals surface area (Å²) >= 11 is 0. The van der Waals surface area contributed by atoms with E-state index in [1.807, 2.05) is 32.8 Å². The number of ether oxygens (including phenoxy) is 1. The van der Waals surface area contributed by atoms with Crippen molar-refractivity contribution in [3.63, 3.8) is 0 Å². The summed E-state index contributed by atoms with van der Waals surface area (Å²) in [6.07, 6.45) is 1.33. The average Bonchev–Trinajstić information content (AvgIpc) is 2.41. The smallest absolute Gasteiger partial charge is 0.137 e. The third kappa shape index (κ3) is 3.19. The molecule has 0 amide bonds. The number of anilines is 2. The van der Waals surface area contributed by atoms with Gasteiger partial charge in [0.2, 0.25) is 0 Å². The fourth-order valence-electron chi connectivity index (χ4n) is 2.65. The molecular weight excluding hydrogens is 256 g/mol. The minimum absolute atomic E-state index is 0.552. The Balaban J connectivity index is 2.20. The first kappa shape index (κ1) is 15.0. The van der Waals surface area contributed by atoms with E-state index < -0.39 is 5.60 Å². The van der Waals surface area contributed by atoms with Crippen molar-refractivity contribution >= 4 is 11.6 Å². The van der Waals surface area contributed by atoms with E-state index >= 15 is 0 Å². The van der Waals surface area contributed by atoms with Crippen molar-refractivity contribution in [1.29, 1.82) is 0 Å². The summed E-state index contributed by atoms with van der Waals surface area (Å²) in [6.45, 7) is 5.66. The minimum Gasteiger partial charge on any atom is -0.388 e. The van der Waals surface area contributed by atoms with Crippen LogP contribution in [0.1, 0.15) is 24.2 Å². The van der Waals surface area contributed by atoms with Crippen molar-refractivity contribution < 1.29 is 9.84 Å². The lowest BCUT2D eigenvalue weighted by Crippen LogP contribution is -2.46. The van der Waals surface area contributed by atoms with E-state index in [2.05, 4.69) is 15.3 Å². The number of hydrogen-bond acceptors (Lipinski definition) is 6. The quantitative estimate of drug-likeness (QED) is 0.861. The van der Waals surface area contributed by atoms with Gasteiger partial charge in [-0.1, -0.05) is 0 Å². The van der Waals surface area contributed by atoms with Gasteiger partial charge >= 0.3 is 0 Å². The maximum atomic E-state index is 10.6. The number of likely N-dealkylation sites (N-methyl/N-ethyl adjacent to an activating group) is 1. The molecule has 1 aliphatic heterocycles. The topological polar surface area (TPSA) is 70.5 Å². The Hall–Kier alpha value is -1.40. The van der Waals surface area contributed by atoms with Crippen molar-refractivity contribution in [2.75, 3.05) is 44.1 Å². The number of nitrogens with zero attached hydrogens (tertiary/aromatic N) is 3. The van der Waals surface area contributed by atoms with Gasteiger partial charge in [-0.25, -0.2) is 9.97 Å². The van der Waals surface area contributed by atoms with Gasteiger partial charge in [-0.3, -0.25) is 0 Å². The second-order valence-corrected chi connectivity index (χ2v) is 5.51. The van der Waals surface area contributed by atoms with E-state index in [1.165, 1.54) is 0 Å². The lowest BCUT2D eigenvalue weighted by Gasteiger charge is -2.36. The largest absolute Gasteiger partial charge is 0.388 e. The number of aliphatic hydroxyl groups is 1. The molecule has 0 radical (unpaired) electrons. The van der Waals surface area contributed by atoms with Gasteiger partial charge in [-0.05, 0) is 13.8 Å². The van der Waals surface area contributed by atoms with Gasteiger partial charge in [-0.2, -0.15) is 0 Å². The molecule has 2 N–H and O–H groups in total. The Morgan fingerprint density at radius 2 is 1.95 bits per heavy atom. The van der Waals surface area contributed by atoms with Crippen LogP contribution in [0.5, 0.6) is 0 Å². The van der Waals surface area contributed by atoms with Gasteiger partial charge in [0.1, 0.15) is 17.5 Å². The monoisotopic (exact) mass is 280 g/mol. The standard InChI is InChI=1S/C14H24N4O2/c1-10-12(15-3)16-11(2)17-13(10)18(4)9-14(19)5-7-20-8-6-14/h19H,5-9H2,1-4H3,(H,15,16,17). The first-order valence-electron chi connectivity index (χ1n) is 6.99. The van der Waals surface area contributed by atoms with Crippen LogP contribution in [0.15, 0.2) is 0 Å². The van der Waals surface area contributed by atoms with Crippen LogP contribution in [0, 0.1) is 13.8 Å². The Labute approximate surface area is 120 Å². The maximum absolute atomic E-state index is 10.6. The molecule has 1 aromatic rings. The lowest BCUT2D eigenvalue weighted by atomic mass is 9.94. The second-order valence-electron chi connectivity index (χ2n) is 5.51. The maximum Gasteiger partial charge on any atom is 0.137 e. The molecule has 20 heavy (non-hydrogen) atoms. The molecule has 0 aliphatic carbocycles. The predicted molar refractivity (Wildman–Crippen MR) is 79.3 cm³/mol. The number of aromatic nitrogens is 2. The molecule has 0 bridgehead atoms. The van der Waals surface area contributed by atoms with E-state index in [4.69, 9.17) is 4.74 Å². The van der Waals surface area contributed by atoms with Crippen molar-refractivity contribution in [2.24, 2.45) is 0 Å². The van der Waals surface area contributed by atoms with E-state index in [1.54, 1.807) is 0 Å². The van der Waals surface area contributed by atoms with Crippen LogP contribution in [-0.2, 0) is 4.74 Å². The number of aryl methyl sites for hydroxylation is 1. The summed E-state index contributed by atoms with van der Waals surface area (Å²) in [5.41, 5.74) is 0.300. The zero-order valence-corrected chi connectivity index (χ0v) is 12.7. The molecule has 2 heterocycles. The molecule has 112 valence electrons. The Bertz CT molecular complexity index is 472. The number of hydrogen-bond donors (Lipinski definition) is 2. The second kappa shape index (κ2) is 5.93. The van der Waals surface area contributed by atoms with Crippen molar-refractivity contribution in [1.82, 2.24) is 9.97 Å². The van der Waals surface area contributed by atoms with Gasteiger partial charge in [0.15, 0.2) is 0 Å². The van der Waals surface area contributed by atoms with E-state index in [-0.39, 0.29) is 0 Å². The summed E-state index contributed by atoms with van der Waals surface area (Å²) in [7, 11) is 3.81. The molecule has 0 aromatic carbocycles. The summed E-state index contributed by atoms with van der Waals surface area (Å²) in [6, 6.07) is 0. The highest BCUT2D eigenvalue weighted by Gasteiger charge is 2.32. The summed E-state index contributed by atoms with van der Waals surface area (Å²) in [4.78, 5) is 10.9. The van der Waals surface area contributed by atoms with E-state index in [9.17, 15) is 5.11 Å². The van der Waals surface area contributed by atoms with Gasteiger partial charge in [0.05, 0.1) is 5.60 Å². The fraction of sp³-hybridized carbons (Fsp3) is 0.714. The lowest BCUT2D eigenvalue weighted by molar-refractivity contribution is -0.0573. The van der Waals surface area contributed by atoms with Crippen molar-refractivity contribution in [2.45, 2.75) is 32.3 Å². The van der Waals surface area contributed by atoms with Crippen LogP contribution < -0.4 is 10.2 Å². The number of rotatable bonds is 4. The normalized spacial score (nSPS) is 17.9. The van der Waals surface area contributed by atoms with Gasteiger partial charge in [0, 0.05) is 52.3 Å². The third-order valence-electron chi connectivity index (χ3n) is 3.79. The molecule has 0 unspecified atom stereocenters. The van der Waals surface area contributed by atoms with Gasteiger partial charge < -0.3 is 20.1 Å². The van der Waals surface area contributed by atoms with Gasteiger partial charge in [-0.15, -0.1) is 0 Å². The molecule has 2 rings (SSSR count). The molecule has 1 saturated heterocycles. The molecule has 0 spiro atoms. The van der Waals surface area contributed by atoms with Crippen LogP contribution >= 0.6 is 0 Å². The van der Waals surface area contributed by atoms with Crippen molar-refractivity contribution in [3.8, 4) is 0 Å². The number of nitrogens with one attached hydrogen (secondary N) is 1. The highest BCUT2D eigenvalue weighted by Crippen LogP contribution is 2.27. The van der Waals surface area contributed by atoms with Crippen molar-refractivity contribution in [3.05, 3.63) is 11.4 Å². The molecular formula is C14H24N4O2. The summed E-state index contributed by atoms with van der Waals surface area (Å²) in [5.74, 6) is 2.42. The molecule has 6 nitrogen and oxygen atoms in total. The van der Waals surface area contributed by atoms with E-state index in [0.717, 1.165) is 23.0 Å². The molecule has 6 heteroatoms. The third-order valence-corrected chi connectivity index (χ3v) is 3.79. The zero-order chi connectivity index (χ0) is 14.8. The van der Waals surface area contributed by atoms with Crippen LogP contribution in [-0.4, -0.2) is 54.5 Å². The summed E-state index contributed by atoms with van der Waals surface area (Å²) < 4.78 is 5.32. The Morgan fingerprint density at radius 3 is 2.55 bits per heavy atom.